The summed E-state index contributed by atoms with van der Waals surface area (Å²) < 4.78 is 26.9. The van der Waals surface area contributed by atoms with E-state index in [2.05, 4.69) is 0 Å². The molecule has 0 bridgehead atoms. The first-order chi connectivity index (χ1) is 8.75. The highest BCUT2D eigenvalue weighted by Gasteiger charge is 2.29. The van der Waals surface area contributed by atoms with Crippen molar-refractivity contribution in [2.75, 3.05) is 12.3 Å². The molecule has 0 aliphatic carbocycles. The lowest BCUT2D eigenvalue weighted by atomic mass is 10.2. The van der Waals surface area contributed by atoms with E-state index in [9.17, 15) is 8.42 Å². The number of benzene rings is 1. The van der Waals surface area contributed by atoms with Crippen molar-refractivity contribution < 1.29 is 8.42 Å². The molecule has 0 amide bonds. The van der Waals surface area contributed by atoms with E-state index in [0.717, 1.165) is 6.42 Å². The van der Waals surface area contributed by atoms with E-state index in [1.807, 2.05) is 20.8 Å². The topological polar surface area (TPSA) is 63.4 Å². The molecule has 0 radical (unpaired) electrons. The van der Waals surface area contributed by atoms with Crippen LogP contribution in [0.2, 0.25) is 5.02 Å². The van der Waals surface area contributed by atoms with Crippen LogP contribution in [0.3, 0.4) is 0 Å². The van der Waals surface area contributed by atoms with Crippen molar-refractivity contribution in [1.29, 1.82) is 0 Å². The van der Waals surface area contributed by atoms with Crippen LogP contribution in [0.15, 0.2) is 17.0 Å². The Kier molecular flexibility index (Phi) is 5.24. The fourth-order valence-corrected chi connectivity index (χ4v) is 4.28. The van der Waals surface area contributed by atoms with Gasteiger partial charge >= 0.3 is 0 Å². The molecule has 0 aliphatic rings. The lowest BCUT2D eigenvalue weighted by Gasteiger charge is -2.27. The number of hydrogen-bond donors (Lipinski definition) is 1. The molecule has 0 fully saturated rings. The summed E-state index contributed by atoms with van der Waals surface area (Å²) >= 11 is 5.93. The maximum atomic E-state index is 12.7. The Hall–Kier alpha value is -0.780. The summed E-state index contributed by atoms with van der Waals surface area (Å²) in [6.07, 6.45) is 0.752. The Morgan fingerprint density at radius 1 is 1.37 bits per heavy atom. The van der Waals surface area contributed by atoms with E-state index in [-0.39, 0.29) is 10.9 Å². The highest BCUT2D eigenvalue weighted by Crippen LogP contribution is 2.29. The van der Waals surface area contributed by atoms with Crippen molar-refractivity contribution >= 4 is 27.3 Å². The van der Waals surface area contributed by atoms with Gasteiger partial charge in [0.05, 0.1) is 4.90 Å². The third kappa shape index (κ3) is 3.22. The Morgan fingerprint density at radius 3 is 2.42 bits per heavy atom. The van der Waals surface area contributed by atoms with Crippen molar-refractivity contribution in [2.45, 2.75) is 45.1 Å². The van der Waals surface area contributed by atoms with Crippen LogP contribution in [0.4, 0.5) is 5.69 Å². The van der Waals surface area contributed by atoms with E-state index < -0.39 is 10.0 Å². The maximum Gasteiger partial charge on any atom is 0.243 e. The second-order valence-corrected chi connectivity index (χ2v) is 6.88. The molecular formula is C13H21ClN2O2S. The Labute approximate surface area is 120 Å². The molecule has 0 saturated heterocycles. The molecule has 1 aromatic carbocycles. The van der Waals surface area contributed by atoms with Gasteiger partial charge in [0.25, 0.3) is 0 Å². The average molecular weight is 305 g/mol. The molecule has 6 heteroatoms. The number of nitrogens with two attached hydrogens (primary N) is 1. The quantitative estimate of drug-likeness (QED) is 0.850. The van der Waals surface area contributed by atoms with Crippen LogP contribution in [-0.4, -0.2) is 25.3 Å². The first kappa shape index (κ1) is 16.3. The van der Waals surface area contributed by atoms with Gasteiger partial charge in [0.1, 0.15) is 0 Å². The van der Waals surface area contributed by atoms with Crippen molar-refractivity contribution in [1.82, 2.24) is 4.31 Å². The second kappa shape index (κ2) is 6.11. The zero-order chi connectivity index (χ0) is 14.8. The molecule has 4 nitrogen and oxygen atoms in total. The number of nitrogen functional groups attached to an aromatic ring is 1. The first-order valence-corrected chi connectivity index (χ1v) is 8.14. The van der Waals surface area contributed by atoms with E-state index in [1.165, 1.54) is 10.4 Å². The summed E-state index contributed by atoms with van der Waals surface area (Å²) in [6.45, 7) is 7.80. The summed E-state index contributed by atoms with van der Waals surface area (Å²) in [5.41, 5.74) is 6.74. The molecule has 0 heterocycles. The fourth-order valence-electron chi connectivity index (χ4n) is 1.99. The number of hydrogen-bond acceptors (Lipinski definition) is 3. The molecule has 1 unspecified atom stereocenters. The summed E-state index contributed by atoms with van der Waals surface area (Å²) in [7, 11) is -3.57. The lowest BCUT2D eigenvalue weighted by Crippen LogP contribution is -2.38. The minimum Gasteiger partial charge on any atom is -0.398 e. The molecule has 0 aromatic heterocycles. The Bertz CT molecular complexity index is 558. The van der Waals surface area contributed by atoms with Gasteiger partial charge in [-0.3, -0.25) is 0 Å². The molecular weight excluding hydrogens is 284 g/mol. The summed E-state index contributed by atoms with van der Waals surface area (Å²) in [5, 5.41) is 0.335. The molecule has 2 N–H and O–H groups in total. The summed E-state index contributed by atoms with van der Waals surface area (Å²) in [5.74, 6) is 0. The average Bonchev–Trinajstić information content (AvgIpc) is 2.33. The largest absolute Gasteiger partial charge is 0.398 e. The number of sulfonamides is 1. The molecule has 108 valence electrons. The zero-order valence-corrected chi connectivity index (χ0v) is 13.3. The van der Waals surface area contributed by atoms with Gasteiger partial charge in [-0.05, 0) is 38.0 Å². The van der Waals surface area contributed by atoms with Gasteiger partial charge in [-0.25, -0.2) is 8.42 Å². The minimum absolute atomic E-state index is 0.0605. The van der Waals surface area contributed by atoms with E-state index in [4.69, 9.17) is 17.3 Å². The van der Waals surface area contributed by atoms with Crippen LogP contribution < -0.4 is 5.73 Å². The van der Waals surface area contributed by atoms with Crippen LogP contribution in [0, 0.1) is 6.92 Å². The number of rotatable bonds is 5. The van der Waals surface area contributed by atoms with Crippen LogP contribution in [0.25, 0.3) is 0 Å². The Balaban J connectivity index is 3.42. The fraction of sp³-hybridized carbons (Fsp3) is 0.538. The van der Waals surface area contributed by atoms with Gasteiger partial charge in [0, 0.05) is 23.3 Å². The highest BCUT2D eigenvalue weighted by atomic mass is 35.5. The standard InChI is InChI=1S/C13H21ClN2O2S/c1-5-9(3)16(6-2)19(17,18)13-8-11(14)7-12(15)10(13)4/h7-9H,5-6,15H2,1-4H3. The predicted octanol–water partition coefficient (Wildman–Crippen LogP) is 3.04. The predicted molar refractivity (Wildman–Crippen MR) is 79.9 cm³/mol. The third-order valence-corrected chi connectivity index (χ3v) is 5.78. The monoisotopic (exact) mass is 304 g/mol. The van der Waals surface area contributed by atoms with Crippen molar-refractivity contribution in [3.05, 3.63) is 22.7 Å². The first-order valence-electron chi connectivity index (χ1n) is 6.33. The SMILES string of the molecule is CCC(C)N(CC)S(=O)(=O)c1cc(Cl)cc(N)c1C. The van der Waals surface area contributed by atoms with Gasteiger partial charge in [-0.15, -0.1) is 0 Å². The second-order valence-electron chi connectivity index (χ2n) is 4.58. The number of nitrogens with zero attached hydrogens (tertiary/aromatic N) is 1. The lowest BCUT2D eigenvalue weighted by molar-refractivity contribution is 0.342. The van der Waals surface area contributed by atoms with Crippen molar-refractivity contribution in [3.8, 4) is 0 Å². The molecule has 19 heavy (non-hydrogen) atoms. The number of halogens is 1. The molecule has 0 saturated carbocycles. The van der Waals surface area contributed by atoms with Crippen LogP contribution >= 0.6 is 11.6 Å². The van der Waals surface area contributed by atoms with E-state index in [0.29, 0.717) is 22.8 Å². The van der Waals surface area contributed by atoms with Crippen LogP contribution in [0.1, 0.15) is 32.8 Å². The van der Waals surface area contributed by atoms with Crippen molar-refractivity contribution in [2.24, 2.45) is 0 Å². The van der Waals surface area contributed by atoms with E-state index >= 15 is 0 Å². The number of anilines is 1. The molecule has 1 atom stereocenters. The van der Waals surface area contributed by atoms with Crippen molar-refractivity contribution in [3.63, 3.8) is 0 Å². The van der Waals surface area contributed by atoms with Gasteiger partial charge < -0.3 is 5.73 Å². The van der Waals surface area contributed by atoms with Gasteiger partial charge in [-0.2, -0.15) is 4.31 Å². The van der Waals surface area contributed by atoms with Gasteiger partial charge in [0.2, 0.25) is 10.0 Å². The van der Waals surface area contributed by atoms with Gasteiger partial charge in [-0.1, -0.05) is 25.4 Å². The van der Waals surface area contributed by atoms with Gasteiger partial charge in [0.15, 0.2) is 0 Å². The highest BCUT2D eigenvalue weighted by molar-refractivity contribution is 7.89. The van der Waals surface area contributed by atoms with Crippen LogP contribution in [0.5, 0.6) is 0 Å². The summed E-state index contributed by atoms with van der Waals surface area (Å²) in [4.78, 5) is 0.194. The normalized spacial score (nSPS) is 13.8. The zero-order valence-electron chi connectivity index (χ0n) is 11.8. The maximum absolute atomic E-state index is 12.7. The summed E-state index contributed by atoms with van der Waals surface area (Å²) in [6, 6.07) is 2.97. The molecule has 1 aromatic rings. The smallest absolute Gasteiger partial charge is 0.243 e. The Morgan fingerprint density at radius 2 is 1.95 bits per heavy atom. The third-order valence-electron chi connectivity index (χ3n) is 3.35. The van der Waals surface area contributed by atoms with Crippen LogP contribution in [-0.2, 0) is 10.0 Å². The molecule has 0 spiro atoms. The molecule has 1 rings (SSSR count). The molecule has 0 aliphatic heterocycles. The minimum atomic E-state index is -3.57. The van der Waals surface area contributed by atoms with E-state index in [1.54, 1.807) is 13.0 Å².